The van der Waals surface area contributed by atoms with Crippen LogP contribution in [0.3, 0.4) is 0 Å². The third-order valence-electron chi connectivity index (χ3n) is 4.13. The average Bonchev–Trinajstić information content (AvgIpc) is 2.63. The molecule has 1 aromatic carbocycles. The minimum atomic E-state index is -0.977. The van der Waals surface area contributed by atoms with Crippen LogP contribution in [0.25, 0.3) is 0 Å². The molecule has 1 unspecified atom stereocenters. The topological polar surface area (TPSA) is 56.7 Å². The van der Waals surface area contributed by atoms with Gasteiger partial charge in [-0.25, -0.2) is 0 Å². The van der Waals surface area contributed by atoms with E-state index in [0.717, 1.165) is 43.3 Å². The fourth-order valence-corrected chi connectivity index (χ4v) is 3.77. The largest absolute Gasteiger partial charge is 0.355 e. The van der Waals surface area contributed by atoms with Gasteiger partial charge in [-0.1, -0.05) is 24.3 Å². The maximum absolute atomic E-state index is 12.2. The van der Waals surface area contributed by atoms with Crippen molar-refractivity contribution in [3.8, 4) is 0 Å². The Morgan fingerprint density at radius 2 is 2.08 bits per heavy atom. The Bertz CT molecular complexity index is 553. The second-order valence-electron chi connectivity index (χ2n) is 5.87. The second-order valence-corrected chi connectivity index (χ2v) is 7.44. The number of guanidine groups is 1. The standard InChI is InChI=1S/C18H28N4OS/c1-3-12-22-13-9-16(10-14-22)21-18(19-2)20-11-15-24(23)17-7-5-4-6-8-17/h3-8,16H,1,9-15H2,2H3,(H2,19,20,21). The molecule has 1 heterocycles. The van der Waals surface area contributed by atoms with Gasteiger partial charge in [0, 0.05) is 49.9 Å². The quantitative estimate of drug-likeness (QED) is 0.447. The number of aliphatic imine (C=N–C) groups is 1. The molecular weight excluding hydrogens is 320 g/mol. The van der Waals surface area contributed by atoms with Gasteiger partial charge in [0.05, 0.1) is 10.8 Å². The summed E-state index contributed by atoms with van der Waals surface area (Å²) < 4.78 is 12.2. The molecule has 0 spiro atoms. The lowest BCUT2D eigenvalue weighted by Crippen LogP contribution is -2.49. The van der Waals surface area contributed by atoms with Gasteiger partial charge in [0.2, 0.25) is 0 Å². The molecule has 0 radical (unpaired) electrons. The van der Waals surface area contributed by atoms with Gasteiger partial charge in [-0.3, -0.25) is 14.1 Å². The highest BCUT2D eigenvalue weighted by atomic mass is 32.2. The first kappa shape index (κ1) is 18.7. The molecule has 1 saturated heterocycles. The van der Waals surface area contributed by atoms with Gasteiger partial charge in [-0.05, 0) is 25.0 Å². The number of benzene rings is 1. The van der Waals surface area contributed by atoms with Crippen molar-refractivity contribution in [2.24, 2.45) is 4.99 Å². The number of piperidine rings is 1. The average molecular weight is 349 g/mol. The SMILES string of the molecule is C=CCN1CCC(NC(=NC)NCCS(=O)c2ccccc2)CC1. The molecule has 6 heteroatoms. The Morgan fingerprint density at radius 1 is 1.38 bits per heavy atom. The van der Waals surface area contributed by atoms with Crippen LogP contribution in [0.4, 0.5) is 0 Å². The first-order chi connectivity index (χ1) is 11.7. The summed E-state index contributed by atoms with van der Waals surface area (Å²) in [6, 6.07) is 10.0. The number of hydrogen-bond acceptors (Lipinski definition) is 3. The molecule has 0 aliphatic carbocycles. The van der Waals surface area contributed by atoms with Crippen LogP contribution >= 0.6 is 0 Å². The summed E-state index contributed by atoms with van der Waals surface area (Å²) >= 11 is 0. The maximum Gasteiger partial charge on any atom is 0.191 e. The van der Waals surface area contributed by atoms with Crippen molar-refractivity contribution in [3.05, 3.63) is 43.0 Å². The Hall–Kier alpha value is -1.66. The molecule has 1 atom stereocenters. The summed E-state index contributed by atoms with van der Waals surface area (Å²) in [5.74, 6) is 1.37. The van der Waals surface area contributed by atoms with Crippen molar-refractivity contribution in [1.82, 2.24) is 15.5 Å². The van der Waals surface area contributed by atoms with Crippen molar-refractivity contribution in [2.45, 2.75) is 23.8 Å². The van der Waals surface area contributed by atoms with Crippen LogP contribution in [0.2, 0.25) is 0 Å². The van der Waals surface area contributed by atoms with Crippen LogP contribution < -0.4 is 10.6 Å². The molecule has 1 fully saturated rings. The van der Waals surface area contributed by atoms with E-state index in [9.17, 15) is 4.21 Å². The third-order valence-corrected chi connectivity index (χ3v) is 5.50. The van der Waals surface area contributed by atoms with Crippen molar-refractivity contribution in [2.75, 3.05) is 39.0 Å². The van der Waals surface area contributed by atoms with Crippen LogP contribution in [0, 0.1) is 0 Å². The van der Waals surface area contributed by atoms with Gasteiger partial charge in [-0.2, -0.15) is 0 Å². The number of rotatable bonds is 7. The van der Waals surface area contributed by atoms with Gasteiger partial charge in [0.1, 0.15) is 0 Å². The lowest BCUT2D eigenvalue weighted by molar-refractivity contribution is 0.225. The Balaban J connectivity index is 1.69. The van der Waals surface area contributed by atoms with E-state index >= 15 is 0 Å². The van der Waals surface area contributed by atoms with E-state index in [2.05, 4.69) is 27.1 Å². The van der Waals surface area contributed by atoms with Gasteiger partial charge in [0.15, 0.2) is 5.96 Å². The van der Waals surface area contributed by atoms with Gasteiger partial charge < -0.3 is 10.6 Å². The van der Waals surface area contributed by atoms with E-state index in [-0.39, 0.29) is 0 Å². The molecule has 0 bridgehead atoms. The summed E-state index contributed by atoms with van der Waals surface area (Å²) in [4.78, 5) is 7.55. The van der Waals surface area contributed by atoms with E-state index in [1.165, 1.54) is 0 Å². The molecule has 1 aliphatic heterocycles. The summed E-state index contributed by atoms with van der Waals surface area (Å²) in [6.07, 6.45) is 4.16. The summed E-state index contributed by atoms with van der Waals surface area (Å²) in [7, 11) is 0.797. The Morgan fingerprint density at radius 3 is 2.71 bits per heavy atom. The number of likely N-dealkylation sites (tertiary alicyclic amines) is 1. The monoisotopic (exact) mass is 348 g/mol. The van der Waals surface area contributed by atoms with Crippen LogP contribution in [0.15, 0.2) is 52.9 Å². The zero-order valence-corrected chi connectivity index (χ0v) is 15.2. The van der Waals surface area contributed by atoms with E-state index < -0.39 is 10.8 Å². The predicted octanol–water partition coefficient (Wildman–Crippen LogP) is 1.61. The molecule has 0 aromatic heterocycles. The van der Waals surface area contributed by atoms with Crippen molar-refractivity contribution in [3.63, 3.8) is 0 Å². The highest BCUT2D eigenvalue weighted by molar-refractivity contribution is 7.85. The van der Waals surface area contributed by atoms with Gasteiger partial charge >= 0.3 is 0 Å². The maximum atomic E-state index is 12.2. The lowest BCUT2D eigenvalue weighted by Gasteiger charge is -2.32. The summed E-state index contributed by atoms with van der Waals surface area (Å²) in [5, 5.41) is 6.74. The summed E-state index contributed by atoms with van der Waals surface area (Å²) in [5.41, 5.74) is 0. The number of hydrogen-bond donors (Lipinski definition) is 2. The number of nitrogens with one attached hydrogen (secondary N) is 2. The van der Waals surface area contributed by atoms with Crippen LogP contribution in [-0.4, -0.2) is 60.1 Å². The van der Waals surface area contributed by atoms with Crippen LogP contribution in [0.1, 0.15) is 12.8 Å². The number of nitrogens with zero attached hydrogens (tertiary/aromatic N) is 2. The minimum absolute atomic E-state index is 0.442. The molecule has 132 valence electrons. The minimum Gasteiger partial charge on any atom is -0.355 e. The Labute approximate surface area is 147 Å². The highest BCUT2D eigenvalue weighted by Crippen LogP contribution is 2.10. The zero-order chi connectivity index (χ0) is 17.2. The summed E-state index contributed by atoms with van der Waals surface area (Å²) in [6.45, 7) is 7.56. The molecule has 1 aliphatic rings. The first-order valence-corrected chi connectivity index (χ1v) is 9.78. The third kappa shape index (κ3) is 6.09. The van der Waals surface area contributed by atoms with E-state index in [4.69, 9.17) is 0 Å². The normalized spacial score (nSPS) is 18.1. The molecule has 24 heavy (non-hydrogen) atoms. The molecule has 0 amide bonds. The van der Waals surface area contributed by atoms with Crippen molar-refractivity contribution < 1.29 is 4.21 Å². The zero-order valence-electron chi connectivity index (χ0n) is 14.4. The molecule has 1 aromatic rings. The van der Waals surface area contributed by atoms with Gasteiger partial charge in [-0.15, -0.1) is 6.58 Å². The first-order valence-electron chi connectivity index (χ1n) is 8.46. The highest BCUT2D eigenvalue weighted by Gasteiger charge is 2.19. The second kappa shape index (κ2) is 10.3. The molecule has 2 N–H and O–H groups in total. The van der Waals surface area contributed by atoms with E-state index in [1.54, 1.807) is 7.05 Å². The van der Waals surface area contributed by atoms with Crippen molar-refractivity contribution in [1.29, 1.82) is 0 Å². The van der Waals surface area contributed by atoms with Crippen LogP contribution in [-0.2, 0) is 10.8 Å². The molecular formula is C18H28N4OS. The lowest BCUT2D eigenvalue weighted by atomic mass is 10.1. The predicted molar refractivity (Wildman–Crippen MR) is 102 cm³/mol. The molecule has 2 rings (SSSR count). The van der Waals surface area contributed by atoms with E-state index in [1.807, 2.05) is 36.4 Å². The fourth-order valence-electron chi connectivity index (χ4n) is 2.78. The van der Waals surface area contributed by atoms with Crippen molar-refractivity contribution >= 4 is 16.8 Å². The fraction of sp³-hybridized carbons (Fsp3) is 0.500. The molecule has 5 nitrogen and oxygen atoms in total. The molecule has 0 saturated carbocycles. The smallest absolute Gasteiger partial charge is 0.191 e. The van der Waals surface area contributed by atoms with Crippen LogP contribution in [0.5, 0.6) is 0 Å². The Kier molecular flexibility index (Phi) is 7.98. The van der Waals surface area contributed by atoms with Gasteiger partial charge in [0.25, 0.3) is 0 Å². The van der Waals surface area contributed by atoms with E-state index in [0.29, 0.717) is 18.3 Å².